The molecule has 0 amide bonds. The van der Waals surface area contributed by atoms with E-state index in [4.69, 9.17) is 16.3 Å². The first-order valence-electron chi connectivity index (χ1n) is 5.74. The van der Waals surface area contributed by atoms with Gasteiger partial charge in [-0.05, 0) is 12.3 Å². The van der Waals surface area contributed by atoms with Crippen molar-refractivity contribution in [2.75, 3.05) is 7.11 Å². The molecule has 4 heteroatoms. The van der Waals surface area contributed by atoms with Crippen LogP contribution in [-0.2, 0) is 9.53 Å². The lowest BCUT2D eigenvalue weighted by molar-refractivity contribution is -0.132. The summed E-state index contributed by atoms with van der Waals surface area (Å²) in [5.41, 5.74) is -0.330. The van der Waals surface area contributed by atoms with E-state index in [0.29, 0.717) is 0 Å². The van der Waals surface area contributed by atoms with Crippen LogP contribution in [0.25, 0.3) is 0 Å². The normalized spacial score (nSPS) is 36.1. The Kier molecular flexibility index (Phi) is 4.38. The molecule has 4 atom stereocenters. The highest BCUT2D eigenvalue weighted by molar-refractivity contribution is 6.21. The molecule has 0 aliphatic carbocycles. The minimum absolute atomic E-state index is 0.0657. The Morgan fingerprint density at radius 1 is 1.44 bits per heavy atom. The summed E-state index contributed by atoms with van der Waals surface area (Å²) in [7, 11) is 1.61. The van der Waals surface area contributed by atoms with Crippen LogP contribution in [0.15, 0.2) is 0 Å². The number of hydrogen-bond acceptors (Lipinski definition) is 3. The summed E-state index contributed by atoms with van der Waals surface area (Å²) < 4.78 is 5.25. The van der Waals surface area contributed by atoms with E-state index in [-0.39, 0.29) is 34.8 Å². The number of carbonyl (C=O) groups is 1. The average Bonchev–Trinajstić information content (AvgIpc) is 2.15. The van der Waals surface area contributed by atoms with E-state index in [1.807, 2.05) is 20.8 Å². The van der Waals surface area contributed by atoms with Crippen LogP contribution < -0.4 is 5.32 Å². The van der Waals surface area contributed by atoms with E-state index in [0.717, 1.165) is 6.42 Å². The zero-order valence-corrected chi connectivity index (χ0v) is 11.5. The summed E-state index contributed by atoms with van der Waals surface area (Å²) in [5, 5.41) is 3.14. The summed E-state index contributed by atoms with van der Waals surface area (Å²) in [4.78, 5) is 12.2. The molecule has 3 nitrogen and oxygen atoms in total. The first-order valence-corrected chi connectivity index (χ1v) is 6.18. The summed E-state index contributed by atoms with van der Waals surface area (Å²) in [6.07, 6.45) is 0.577. The third-order valence-electron chi connectivity index (χ3n) is 3.11. The fourth-order valence-corrected chi connectivity index (χ4v) is 2.53. The predicted molar refractivity (Wildman–Crippen MR) is 65.6 cm³/mol. The lowest BCUT2D eigenvalue weighted by Crippen LogP contribution is -2.58. The molecule has 1 rings (SSSR count). The highest BCUT2D eigenvalue weighted by atomic mass is 35.5. The Balaban J connectivity index is 2.77. The maximum atomic E-state index is 12.2. The molecule has 0 aromatic carbocycles. The average molecular weight is 248 g/mol. The smallest absolute Gasteiger partial charge is 0.155 e. The lowest BCUT2D eigenvalue weighted by Gasteiger charge is -2.39. The fourth-order valence-electron chi connectivity index (χ4n) is 2.08. The second kappa shape index (κ2) is 5.03. The van der Waals surface area contributed by atoms with Gasteiger partial charge in [0.15, 0.2) is 5.78 Å². The van der Waals surface area contributed by atoms with Crippen molar-refractivity contribution < 1.29 is 9.53 Å². The largest absolute Gasteiger partial charge is 0.365 e. The van der Waals surface area contributed by atoms with Crippen molar-refractivity contribution in [1.82, 2.24) is 5.32 Å². The SMILES string of the molecule is COC1NC(C(=O)C(C)(C)C)C(C)CC1Cl. The number of carbonyl (C=O) groups excluding carboxylic acids is 1. The third kappa shape index (κ3) is 2.96. The number of methoxy groups -OCH3 is 1. The number of ether oxygens (including phenoxy) is 1. The first kappa shape index (κ1) is 13.9. The number of rotatable bonds is 2. The highest BCUT2D eigenvalue weighted by Gasteiger charge is 2.40. The van der Waals surface area contributed by atoms with Gasteiger partial charge >= 0.3 is 0 Å². The first-order chi connectivity index (χ1) is 7.27. The van der Waals surface area contributed by atoms with Crippen LogP contribution in [0.3, 0.4) is 0 Å². The minimum atomic E-state index is -0.330. The molecule has 0 spiro atoms. The van der Waals surface area contributed by atoms with E-state index in [1.54, 1.807) is 7.11 Å². The predicted octanol–water partition coefficient (Wildman–Crippen LogP) is 2.18. The van der Waals surface area contributed by atoms with Crippen molar-refractivity contribution in [3.05, 3.63) is 0 Å². The Labute approximate surface area is 103 Å². The van der Waals surface area contributed by atoms with E-state index in [1.165, 1.54) is 0 Å². The van der Waals surface area contributed by atoms with Crippen molar-refractivity contribution in [1.29, 1.82) is 0 Å². The molecular weight excluding hydrogens is 226 g/mol. The summed E-state index contributed by atoms with van der Waals surface area (Å²) in [6, 6.07) is -0.153. The number of Topliss-reactive ketones (excluding diaryl/α,β-unsaturated/α-hetero) is 1. The van der Waals surface area contributed by atoms with Gasteiger partial charge in [0.25, 0.3) is 0 Å². The van der Waals surface area contributed by atoms with Gasteiger partial charge in [-0.1, -0.05) is 27.7 Å². The maximum Gasteiger partial charge on any atom is 0.155 e. The third-order valence-corrected chi connectivity index (χ3v) is 3.52. The van der Waals surface area contributed by atoms with Gasteiger partial charge in [0.1, 0.15) is 6.23 Å². The van der Waals surface area contributed by atoms with Crippen LogP contribution in [0.1, 0.15) is 34.1 Å². The molecule has 0 aromatic rings. The number of hydrogen-bond donors (Lipinski definition) is 1. The molecule has 1 saturated heterocycles. The number of piperidine rings is 1. The zero-order valence-electron chi connectivity index (χ0n) is 10.7. The molecule has 0 aromatic heterocycles. The van der Waals surface area contributed by atoms with Gasteiger partial charge in [0.2, 0.25) is 0 Å². The van der Waals surface area contributed by atoms with Gasteiger partial charge < -0.3 is 4.74 Å². The van der Waals surface area contributed by atoms with Crippen LogP contribution in [0.2, 0.25) is 0 Å². The number of nitrogens with one attached hydrogen (secondary N) is 1. The number of alkyl halides is 1. The number of ketones is 1. The van der Waals surface area contributed by atoms with Crippen molar-refractivity contribution in [3.63, 3.8) is 0 Å². The van der Waals surface area contributed by atoms with Crippen LogP contribution in [-0.4, -0.2) is 30.5 Å². The Hall–Kier alpha value is -0.120. The van der Waals surface area contributed by atoms with Crippen molar-refractivity contribution in [2.24, 2.45) is 11.3 Å². The second-order valence-electron chi connectivity index (χ2n) is 5.64. The molecule has 1 aliphatic heterocycles. The second-order valence-corrected chi connectivity index (χ2v) is 6.20. The zero-order chi connectivity index (χ0) is 12.5. The molecule has 1 N–H and O–H groups in total. The Bertz CT molecular complexity index is 262. The molecule has 1 fully saturated rings. The van der Waals surface area contributed by atoms with Gasteiger partial charge in [0.05, 0.1) is 11.4 Å². The van der Waals surface area contributed by atoms with Gasteiger partial charge in [-0.3, -0.25) is 10.1 Å². The standard InChI is InChI=1S/C12H22ClNO2/c1-7-6-8(13)11(16-5)14-9(7)10(15)12(2,3)4/h7-9,11,14H,6H2,1-5H3. The lowest BCUT2D eigenvalue weighted by atomic mass is 9.79. The minimum Gasteiger partial charge on any atom is -0.365 e. The Morgan fingerprint density at radius 3 is 2.44 bits per heavy atom. The van der Waals surface area contributed by atoms with E-state index < -0.39 is 0 Å². The molecular formula is C12H22ClNO2. The van der Waals surface area contributed by atoms with E-state index in [2.05, 4.69) is 12.2 Å². The molecule has 0 radical (unpaired) electrons. The maximum absolute atomic E-state index is 12.2. The van der Waals surface area contributed by atoms with Crippen molar-refractivity contribution >= 4 is 17.4 Å². The number of halogens is 1. The molecule has 1 heterocycles. The molecule has 16 heavy (non-hydrogen) atoms. The quantitative estimate of drug-likeness (QED) is 0.761. The van der Waals surface area contributed by atoms with Gasteiger partial charge in [-0.2, -0.15) is 0 Å². The van der Waals surface area contributed by atoms with E-state index >= 15 is 0 Å². The molecule has 4 unspecified atom stereocenters. The van der Waals surface area contributed by atoms with E-state index in [9.17, 15) is 4.79 Å². The highest BCUT2D eigenvalue weighted by Crippen LogP contribution is 2.29. The topological polar surface area (TPSA) is 38.3 Å². The van der Waals surface area contributed by atoms with Crippen LogP contribution in [0.5, 0.6) is 0 Å². The van der Waals surface area contributed by atoms with Gasteiger partial charge in [-0.15, -0.1) is 11.6 Å². The summed E-state index contributed by atoms with van der Waals surface area (Å²) >= 11 is 6.16. The van der Waals surface area contributed by atoms with Crippen LogP contribution in [0, 0.1) is 11.3 Å². The molecule has 0 bridgehead atoms. The van der Waals surface area contributed by atoms with Crippen LogP contribution >= 0.6 is 11.6 Å². The summed E-state index contributed by atoms with van der Waals surface area (Å²) in [6.45, 7) is 7.89. The fraction of sp³-hybridized carbons (Fsp3) is 0.917. The van der Waals surface area contributed by atoms with Crippen LogP contribution in [0.4, 0.5) is 0 Å². The molecule has 94 valence electrons. The summed E-state index contributed by atoms with van der Waals surface area (Å²) in [5.74, 6) is 0.478. The molecule has 1 aliphatic rings. The van der Waals surface area contributed by atoms with Gasteiger partial charge in [-0.25, -0.2) is 0 Å². The monoisotopic (exact) mass is 247 g/mol. The van der Waals surface area contributed by atoms with Gasteiger partial charge in [0, 0.05) is 12.5 Å². The van der Waals surface area contributed by atoms with Crippen molar-refractivity contribution in [2.45, 2.75) is 51.8 Å². The molecule has 0 saturated carbocycles. The Morgan fingerprint density at radius 2 is 2.00 bits per heavy atom. The van der Waals surface area contributed by atoms with Crippen molar-refractivity contribution in [3.8, 4) is 0 Å².